The standard InChI is InChI=1S/C10H11ClN4O2S/c1-18(16,17)14-10-12-7-15(13-10)6-8-2-4-9(11)5-3-8/h2-5,7H,6H2,1H3,(H,13,14). The van der Waals surface area contributed by atoms with Crippen LogP contribution in [0, 0.1) is 0 Å². The Morgan fingerprint density at radius 2 is 2.00 bits per heavy atom. The van der Waals surface area contributed by atoms with E-state index in [-0.39, 0.29) is 5.95 Å². The van der Waals surface area contributed by atoms with Crippen LogP contribution in [0.4, 0.5) is 5.95 Å². The predicted octanol–water partition coefficient (Wildman–Crippen LogP) is 1.35. The highest BCUT2D eigenvalue weighted by Crippen LogP contribution is 2.10. The summed E-state index contributed by atoms with van der Waals surface area (Å²) in [5.41, 5.74) is 0.996. The molecule has 96 valence electrons. The number of nitrogens with one attached hydrogen (secondary N) is 1. The fourth-order valence-electron chi connectivity index (χ4n) is 1.36. The Kier molecular flexibility index (Phi) is 3.53. The summed E-state index contributed by atoms with van der Waals surface area (Å²) in [5.74, 6) is 0.0615. The second-order valence-corrected chi connectivity index (χ2v) is 5.95. The molecule has 1 heterocycles. The van der Waals surface area contributed by atoms with Gasteiger partial charge in [-0.1, -0.05) is 23.7 Å². The first-order chi connectivity index (χ1) is 8.42. The van der Waals surface area contributed by atoms with Crippen LogP contribution < -0.4 is 4.72 Å². The van der Waals surface area contributed by atoms with Crippen molar-refractivity contribution in [2.45, 2.75) is 6.54 Å². The highest BCUT2D eigenvalue weighted by molar-refractivity contribution is 7.91. The van der Waals surface area contributed by atoms with Crippen molar-refractivity contribution in [3.8, 4) is 0 Å². The van der Waals surface area contributed by atoms with E-state index < -0.39 is 10.0 Å². The number of hydrogen-bond acceptors (Lipinski definition) is 4. The van der Waals surface area contributed by atoms with Gasteiger partial charge in [-0.25, -0.2) is 13.1 Å². The maximum Gasteiger partial charge on any atom is 0.255 e. The summed E-state index contributed by atoms with van der Waals surface area (Å²) in [6.07, 6.45) is 2.51. The monoisotopic (exact) mass is 286 g/mol. The molecule has 0 amide bonds. The summed E-state index contributed by atoms with van der Waals surface area (Å²) in [6.45, 7) is 0.496. The van der Waals surface area contributed by atoms with Crippen molar-refractivity contribution in [1.29, 1.82) is 0 Å². The van der Waals surface area contributed by atoms with Crippen LogP contribution in [0.1, 0.15) is 5.56 Å². The summed E-state index contributed by atoms with van der Waals surface area (Å²) < 4.78 is 25.7. The van der Waals surface area contributed by atoms with Gasteiger partial charge in [-0.2, -0.15) is 4.98 Å². The van der Waals surface area contributed by atoms with E-state index in [4.69, 9.17) is 11.6 Å². The number of sulfonamides is 1. The maximum absolute atomic E-state index is 11.0. The van der Waals surface area contributed by atoms with Gasteiger partial charge < -0.3 is 0 Å². The molecule has 1 N–H and O–H groups in total. The molecule has 1 aromatic carbocycles. The van der Waals surface area contributed by atoms with Gasteiger partial charge in [0.15, 0.2) is 0 Å². The molecular weight excluding hydrogens is 276 g/mol. The Hall–Kier alpha value is -1.60. The summed E-state index contributed by atoms with van der Waals surface area (Å²) in [7, 11) is -3.35. The first-order valence-corrected chi connectivity index (χ1v) is 7.31. The van der Waals surface area contributed by atoms with Gasteiger partial charge in [0.2, 0.25) is 10.0 Å². The zero-order chi connectivity index (χ0) is 13.2. The van der Waals surface area contributed by atoms with E-state index in [1.807, 2.05) is 12.1 Å². The highest BCUT2D eigenvalue weighted by atomic mass is 35.5. The number of aromatic nitrogens is 3. The van der Waals surface area contributed by atoms with Gasteiger partial charge in [0.1, 0.15) is 6.33 Å². The van der Waals surface area contributed by atoms with Gasteiger partial charge in [-0.15, -0.1) is 5.10 Å². The van der Waals surface area contributed by atoms with Crippen LogP contribution in [0.3, 0.4) is 0 Å². The normalized spacial score (nSPS) is 11.4. The number of nitrogens with zero attached hydrogens (tertiary/aromatic N) is 3. The van der Waals surface area contributed by atoms with Crippen LogP contribution in [0.5, 0.6) is 0 Å². The molecule has 0 fully saturated rings. The third-order valence-corrected chi connectivity index (χ3v) is 2.88. The molecule has 6 nitrogen and oxygen atoms in total. The van der Waals surface area contributed by atoms with Crippen LogP contribution >= 0.6 is 11.6 Å². The Balaban J connectivity index is 2.09. The molecule has 0 bridgehead atoms. The van der Waals surface area contributed by atoms with Crippen LogP contribution in [-0.2, 0) is 16.6 Å². The first kappa shape index (κ1) is 12.8. The molecule has 18 heavy (non-hydrogen) atoms. The summed E-state index contributed by atoms with van der Waals surface area (Å²) in [5, 5.41) is 4.66. The average molecular weight is 287 g/mol. The number of rotatable bonds is 4. The van der Waals surface area contributed by atoms with E-state index in [2.05, 4.69) is 14.8 Å². The molecule has 0 atom stereocenters. The van der Waals surface area contributed by atoms with Crippen molar-refractivity contribution in [3.63, 3.8) is 0 Å². The Bertz CT molecular complexity index is 636. The lowest BCUT2D eigenvalue weighted by Gasteiger charge is -2.01. The minimum absolute atomic E-state index is 0.0615. The Morgan fingerprint density at radius 1 is 1.33 bits per heavy atom. The molecule has 0 aliphatic rings. The lowest BCUT2D eigenvalue weighted by atomic mass is 10.2. The summed E-state index contributed by atoms with van der Waals surface area (Å²) in [4.78, 5) is 3.85. The molecule has 0 aliphatic heterocycles. The average Bonchev–Trinajstić information content (AvgIpc) is 2.66. The minimum Gasteiger partial charge on any atom is -0.250 e. The zero-order valence-electron chi connectivity index (χ0n) is 9.54. The lowest BCUT2D eigenvalue weighted by Crippen LogP contribution is -2.11. The van der Waals surface area contributed by atoms with Gasteiger partial charge in [-0.3, -0.25) is 4.72 Å². The van der Waals surface area contributed by atoms with E-state index >= 15 is 0 Å². The smallest absolute Gasteiger partial charge is 0.250 e. The van der Waals surface area contributed by atoms with Gasteiger partial charge in [0.05, 0.1) is 12.8 Å². The number of halogens is 1. The molecule has 0 saturated heterocycles. The lowest BCUT2D eigenvalue weighted by molar-refractivity contribution is 0.606. The van der Waals surface area contributed by atoms with E-state index in [0.29, 0.717) is 11.6 Å². The third kappa shape index (κ3) is 3.71. The third-order valence-electron chi connectivity index (χ3n) is 2.07. The van der Waals surface area contributed by atoms with Crippen molar-refractivity contribution in [3.05, 3.63) is 41.2 Å². The topological polar surface area (TPSA) is 76.9 Å². The van der Waals surface area contributed by atoms with Crippen molar-refractivity contribution in [2.75, 3.05) is 11.0 Å². The predicted molar refractivity (Wildman–Crippen MR) is 69.0 cm³/mol. The van der Waals surface area contributed by atoms with Crippen LogP contribution in [0.15, 0.2) is 30.6 Å². The van der Waals surface area contributed by atoms with Crippen molar-refractivity contribution in [2.24, 2.45) is 0 Å². The van der Waals surface area contributed by atoms with E-state index in [9.17, 15) is 8.42 Å². The summed E-state index contributed by atoms with van der Waals surface area (Å²) in [6, 6.07) is 7.30. The second kappa shape index (κ2) is 4.95. The summed E-state index contributed by atoms with van der Waals surface area (Å²) >= 11 is 5.78. The van der Waals surface area contributed by atoms with Crippen molar-refractivity contribution < 1.29 is 8.42 Å². The highest BCUT2D eigenvalue weighted by Gasteiger charge is 2.06. The van der Waals surface area contributed by atoms with Gasteiger partial charge in [-0.05, 0) is 17.7 Å². The molecular formula is C10H11ClN4O2S. The van der Waals surface area contributed by atoms with Crippen molar-refractivity contribution >= 4 is 27.6 Å². The minimum atomic E-state index is -3.35. The molecule has 8 heteroatoms. The molecule has 2 rings (SSSR count). The first-order valence-electron chi connectivity index (χ1n) is 5.04. The number of benzene rings is 1. The molecule has 1 aromatic heterocycles. The molecule has 0 spiro atoms. The fraction of sp³-hybridized carbons (Fsp3) is 0.200. The van der Waals surface area contributed by atoms with E-state index in [0.717, 1.165) is 11.8 Å². The number of anilines is 1. The van der Waals surface area contributed by atoms with Gasteiger partial charge >= 0.3 is 0 Å². The SMILES string of the molecule is CS(=O)(=O)Nc1ncn(Cc2ccc(Cl)cc2)n1. The van der Waals surface area contributed by atoms with Gasteiger partial charge in [0, 0.05) is 5.02 Å². The molecule has 0 aliphatic carbocycles. The largest absolute Gasteiger partial charge is 0.255 e. The molecule has 0 saturated carbocycles. The van der Waals surface area contributed by atoms with Gasteiger partial charge in [0.25, 0.3) is 5.95 Å². The van der Waals surface area contributed by atoms with E-state index in [1.165, 1.54) is 11.0 Å². The van der Waals surface area contributed by atoms with Crippen LogP contribution in [0.25, 0.3) is 0 Å². The van der Waals surface area contributed by atoms with Crippen molar-refractivity contribution in [1.82, 2.24) is 14.8 Å². The zero-order valence-corrected chi connectivity index (χ0v) is 11.1. The second-order valence-electron chi connectivity index (χ2n) is 3.77. The maximum atomic E-state index is 11.0. The molecule has 2 aromatic rings. The Morgan fingerprint density at radius 3 is 2.61 bits per heavy atom. The van der Waals surface area contributed by atoms with Crippen LogP contribution in [-0.4, -0.2) is 29.4 Å². The molecule has 0 unspecified atom stereocenters. The fourth-order valence-corrected chi connectivity index (χ4v) is 1.91. The van der Waals surface area contributed by atoms with Crippen LogP contribution in [0.2, 0.25) is 5.02 Å². The molecule has 0 radical (unpaired) electrons. The van der Waals surface area contributed by atoms with E-state index in [1.54, 1.807) is 12.1 Å². The Labute approximate surface area is 110 Å². The quantitative estimate of drug-likeness (QED) is 0.920. The number of hydrogen-bond donors (Lipinski definition) is 1.